The highest BCUT2D eigenvalue weighted by molar-refractivity contribution is 5.45. The van der Waals surface area contributed by atoms with Crippen molar-refractivity contribution in [2.24, 2.45) is 5.92 Å². The van der Waals surface area contributed by atoms with Crippen molar-refractivity contribution in [1.82, 2.24) is 5.32 Å². The maximum Gasteiger partial charge on any atom is 0.161 e. The van der Waals surface area contributed by atoms with Crippen LogP contribution in [0, 0.1) is 5.92 Å². The molecule has 0 aliphatic carbocycles. The van der Waals surface area contributed by atoms with Gasteiger partial charge in [0, 0.05) is 6.04 Å². The third-order valence-corrected chi connectivity index (χ3v) is 4.50. The van der Waals surface area contributed by atoms with Gasteiger partial charge in [0.25, 0.3) is 0 Å². The van der Waals surface area contributed by atoms with E-state index in [1.807, 2.05) is 6.07 Å². The Labute approximate surface area is 116 Å². The van der Waals surface area contributed by atoms with Gasteiger partial charge in [-0.25, -0.2) is 0 Å². The molecule has 3 nitrogen and oxygen atoms in total. The predicted molar refractivity (Wildman–Crippen MR) is 78.1 cm³/mol. The largest absolute Gasteiger partial charge is 0.493 e. The molecule has 3 heteroatoms. The first-order valence-corrected chi connectivity index (χ1v) is 6.95. The lowest BCUT2D eigenvalue weighted by molar-refractivity contribution is 0.330. The summed E-state index contributed by atoms with van der Waals surface area (Å²) < 4.78 is 10.7. The minimum Gasteiger partial charge on any atom is -0.493 e. The number of benzene rings is 1. The monoisotopic (exact) mass is 263 g/mol. The van der Waals surface area contributed by atoms with Crippen LogP contribution in [0.4, 0.5) is 0 Å². The Hall–Kier alpha value is -1.22. The van der Waals surface area contributed by atoms with Crippen LogP contribution in [0.1, 0.15) is 32.8 Å². The SMILES string of the molecule is COc1ccc(C(C)(C)C2CNC(C)C2)cc1OC. The molecular formula is C16H25NO2. The van der Waals surface area contributed by atoms with E-state index < -0.39 is 0 Å². The summed E-state index contributed by atoms with van der Waals surface area (Å²) in [6, 6.07) is 6.89. The van der Waals surface area contributed by atoms with Crippen molar-refractivity contribution in [3.8, 4) is 11.5 Å². The van der Waals surface area contributed by atoms with Crippen molar-refractivity contribution >= 4 is 0 Å². The highest BCUT2D eigenvalue weighted by atomic mass is 16.5. The van der Waals surface area contributed by atoms with Gasteiger partial charge in [0.05, 0.1) is 14.2 Å². The molecule has 106 valence electrons. The normalized spacial score (nSPS) is 23.4. The zero-order chi connectivity index (χ0) is 14.0. The molecule has 1 N–H and O–H groups in total. The number of hydrogen-bond acceptors (Lipinski definition) is 3. The first-order valence-electron chi connectivity index (χ1n) is 6.95. The molecule has 0 aromatic heterocycles. The highest BCUT2D eigenvalue weighted by Gasteiger charge is 2.36. The third-order valence-electron chi connectivity index (χ3n) is 4.50. The van der Waals surface area contributed by atoms with Crippen LogP contribution in [-0.2, 0) is 5.41 Å². The van der Waals surface area contributed by atoms with Gasteiger partial charge in [0.1, 0.15) is 0 Å². The zero-order valence-corrected chi connectivity index (χ0v) is 12.6. The fourth-order valence-electron chi connectivity index (χ4n) is 2.96. The van der Waals surface area contributed by atoms with Gasteiger partial charge in [0.2, 0.25) is 0 Å². The molecule has 0 amide bonds. The molecule has 1 heterocycles. The highest BCUT2D eigenvalue weighted by Crippen LogP contribution is 2.40. The first-order chi connectivity index (χ1) is 8.98. The second-order valence-corrected chi connectivity index (χ2v) is 6.03. The molecule has 0 radical (unpaired) electrons. The van der Waals surface area contributed by atoms with Crippen LogP contribution < -0.4 is 14.8 Å². The molecule has 19 heavy (non-hydrogen) atoms. The predicted octanol–water partition coefficient (Wildman–Crippen LogP) is 2.98. The van der Waals surface area contributed by atoms with E-state index in [0.717, 1.165) is 18.0 Å². The average molecular weight is 263 g/mol. The fraction of sp³-hybridized carbons (Fsp3) is 0.625. The Morgan fingerprint density at radius 1 is 1.16 bits per heavy atom. The van der Waals surface area contributed by atoms with Crippen molar-refractivity contribution < 1.29 is 9.47 Å². The maximum atomic E-state index is 5.42. The van der Waals surface area contributed by atoms with Crippen molar-refractivity contribution in [2.45, 2.75) is 38.6 Å². The van der Waals surface area contributed by atoms with Gasteiger partial charge in [0.15, 0.2) is 11.5 Å². The quantitative estimate of drug-likeness (QED) is 0.906. The molecule has 1 aromatic carbocycles. The minimum absolute atomic E-state index is 0.136. The smallest absolute Gasteiger partial charge is 0.161 e. The molecular weight excluding hydrogens is 238 g/mol. The lowest BCUT2D eigenvalue weighted by Gasteiger charge is -2.32. The van der Waals surface area contributed by atoms with Gasteiger partial charge in [-0.05, 0) is 48.9 Å². The zero-order valence-electron chi connectivity index (χ0n) is 12.6. The van der Waals surface area contributed by atoms with Crippen LogP contribution in [0.15, 0.2) is 18.2 Å². The van der Waals surface area contributed by atoms with E-state index in [-0.39, 0.29) is 5.41 Å². The van der Waals surface area contributed by atoms with E-state index in [1.54, 1.807) is 14.2 Å². The lowest BCUT2D eigenvalue weighted by Crippen LogP contribution is -2.30. The Morgan fingerprint density at radius 3 is 2.37 bits per heavy atom. The van der Waals surface area contributed by atoms with Crippen LogP contribution in [0.5, 0.6) is 11.5 Å². The number of hydrogen-bond donors (Lipinski definition) is 1. The molecule has 0 spiro atoms. The van der Waals surface area contributed by atoms with Gasteiger partial charge in [-0.2, -0.15) is 0 Å². The Morgan fingerprint density at radius 2 is 1.84 bits per heavy atom. The molecule has 1 aliphatic rings. The summed E-state index contributed by atoms with van der Waals surface area (Å²) in [5.74, 6) is 2.26. The average Bonchev–Trinajstić information content (AvgIpc) is 2.85. The van der Waals surface area contributed by atoms with Crippen LogP contribution in [0.25, 0.3) is 0 Å². The Balaban J connectivity index is 2.29. The Kier molecular flexibility index (Phi) is 4.04. The van der Waals surface area contributed by atoms with Crippen LogP contribution in [-0.4, -0.2) is 26.8 Å². The standard InChI is InChI=1S/C16H25NO2/c1-11-8-13(10-17-11)16(2,3)12-6-7-14(18-4)15(9-12)19-5/h6-7,9,11,13,17H,8,10H2,1-5H3. The Bertz CT molecular complexity index is 442. The van der Waals surface area contributed by atoms with Crippen LogP contribution in [0.3, 0.4) is 0 Å². The van der Waals surface area contributed by atoms with Gasteiger partial charge in [-0.3, -0.25) is 0 Å². The van der Waals surface area contributed by atoms with Crippen molar-refractivity contribution in [3.05, 3.63) is 23.8 Å². The van der Waals surface area contributed by atoms with Gasteiger partial charge in [-0.15, -0.1) is 0 Å². The summed E-state index contributed by atoms with van der Waals surface area (Å²) in [6.45, 7) is 7.98. The van der Waals surface area contributed by atoms with E-state index in [4.69, 9.17) is 9.47 Å². The van der Waals surface area contributed by atoms with Crippen LogP contribution >= 0.6 is 0 Å². The summed E-state index contributed by atoms with van der Waals surface area (Å²) in [6.07, 6.45) is 1.22. The molecule has 2 unspecified atom stereocenters. The molecule has 1 aromatic rings. The molecule has 1 fully saturated rings. The summed E-state index contributed by atoms with van der Waals surface area (Å²) in [7, 11) is 3.36. The number of methoxy groups -OCH3 is 2. The van der Waals surface area contributed by atoms with E-state index in [2.05, 4.69) is 38.2 Å². The minimum atomic E-state index is 0.136. The molecule has 2 rings (SSSR count). The number of nitrogens with one attached hydrogen (secondary N) is 1. The molecule has 2 atom stereocenters. The van der Waals surface area contributed by atoms with E-state index >= 15 is 0 Å². The first kappa shape index (κ1) is 14.2. The third kappa shape index (κ3) is 2.71. The number of ether oxygens (including phenoxy) is 2. The van der Waals surface area contributed by atoms with Gasteiger partial charge >= 0.3 is 0 Å². The summed E-state index contributed by atoms with van der Waals surface area (Å²) in [4.78, 5) is 0. The summed E-state index contributed by atoms with van der Waals surface area (Å²) >= 11 is 0. The summed E-state index contributed by atoms with van der Waals surface area (Å²) in [5, 5.41) is 3.54. The maximum absolute atomic E-state index is 5.42. The number of rotatable bonds is 4. The van der Waals surface area contributed by atoms with Crippen LogP contribution in [0.2, 0.25) is 0 Å². The summed E-state index contributed by atoms with van der Waals surface area (Å²) in [5.41, 5.74) is 1.45. The van der Waals surface area contributed by atoms with E-state index in [1.165, 1.54) is 12.0 Å². The molecule has 0 saturated carbocycles. The molecule has 1 aliphatic heterocycles. The molecule has 1 saturated heterocycles. The van der Waals surface area contributed by atoms with Gasteiger partial charge in [-0.1, -0.05) is 19.9 Å². The van der Waals surface area contributed by atoms with Crippen molar-refractivity contribution in [3.63, 3.8) is 0 Å². The van der Waals surface area contributed by atoms with Crippen molar-refractivity contribution in [1.29, 1.82) is 0 Å². The fourth-order valence-corrected chi connectivity index (χ4v) is 2.96. The van der Waals surface area contributed by atoms with Gasteiger partial charge < -0.3 is 14.8 Å². The second-order valence-electron chi connectivity index (χ2n) is 6.03. The lowest BCUT2D eigenvalue weighted by atomic mass is 9.72. The van der Waals surface area contributed by atoms with E-state index in [9.17, 15) is 0 Å². The van der Waals surface area contributed by atoms with E-state index in [0.29, 0.717) is 12.0 Å². The molecule has 0 bridgehead atoms. The second kappa shape index (κ2) is 5.41. The van der Waals surface area contributed by atoms with Crippen molar-refractivity contribution in [2.75, 3.05) is 20.8 Å². The topological polar surface area (TPSA) is 30.5 Å².